The normalized spacial score (nSPS) is 11.0. The first-order chi connectivity index (χ1) is 13.4. The molecule has 7 nitrogen and oxygen atoms in total. The molecule has 0 saturated heterocycles. The van der Waals surface area contributed by atoms with Crippen LogP contribution in [0.3, 0.4) is 0 Å². The van der Waals surface area contributed by atoms with E-state index in [4.69, 9.17) is 4.74 Å². The van der Waals surface area contributed by atoms with Crippen molar-refractivity contribution in [3.8, 4) is 0 Å². The molecule has 2 aromatic heterocycles. The Hall–Kier alpha value is -2.87. The SMILES string of the molecule is CCc1cnc2c(c1SCc1ccc(C(=O)OC)cc1)c(=O)n(C)c(=O)n2C. The molecule has 0 aliphatic carbocycles. The molecule has 0 unspecified atom stereocenters. The van der Waals surface area contributed by atoms with Crippen LogP contribution in [0.5, 0.6) is 0 Å². The Morgan fingerprint density at radius 3 is 2.43 bits per heavy atom. The summed E-state index contributed by atoms with van der Waals surface area (Å²) in [5, 5.41) is 0.458. The summed E-state index contributed by atoms with van der Waals surface area (Å²) in [6.45, 7) is 2.00. The lowest BCUT2D eigenvalue weighted by atomic mass is 10.1. The second-order valence-corrected chi connectivity index (χ2v) is 7.33. The minimum atomic E-state index is -0.399. The van der Waals surface area contributed by atoms with Gasteiger partial charge in [-0.3, -0.25) is 13.9 Å². The predicted molar refractivity (Wildman–Crippen MR) is 109 cm³/mol. The van der Waals surface area contributed by atoms with Crippen molar-refractivity contribution in [2.45, 2.75) is 24.0 Å². The van der Waals surface area contributed by atoms with Gasteiger partial charge in [0.05, 0.1) is 18.1 Å². The maximum absolute atomic E-state index is 12.8. The van der Waals surface area contributed by atoms with Crippen LogP contribution in [0.4, 0.5) is 0 Å². The van der Waals surface area contributed by atoms with Crippen LogP contribution in [0.2, 0.25) is 0 Å². The Morgan fingerprint density at radius 1 is 1.14 bits per heavy atom. The van der Waals surface area contributed by atoms with Gasteiger partial charge in [-0.1, -0.05) is 19.1 Å². The van der Waals surface area contributed by atoms with Crippen molar-refractivity contribution < 1.29 is 9.53 Å². The molecule has 3 aromatic rings. The number of benzene rings is 1. The molecule has 0 spiro atoms. The lowest BCUT2D eigenvalue weighted by Gasteiger charge is -2.13. The number of hydrogen-bond donors (Lipinski definition) is 0. The van der Waals surface area contributed by atoms with E-state index in [0.29, 0.717) is 22.3 Å². The van der Waals surface area contributed by atoms with Crippen LogP contribution in [0.15, 0.2) is 44.9 Å². The molecular weight excluding hydrogens is 378 g/mol. The van der Waals surface area contributed by atoms with E-state index < -0.39 is 5.69 Å². The highest BCUT2D eigenvalue weighted by molar-refractivity contribution is 7.98. The summed E-state index contributed by atoms with van der Waals surface area (Å²) in [5.41, 5.74) is 2.09. The fourth-order valence-electron chi connectivity index (χ4n) is 2.97. The number of esters is 1. The summed E-state index contributed by atoms with van der Waals surface area (Å²) in [7, 11) is 4.44. The highest BCUT2D eigenvalue weighted by atomic mass is 32.2. The number of carbonyl (C=O) groups excluding carboxylic acids is 1. The summed E-state index contributed by atoms with van der Waals surface area (Å²) < 4.78 is 7.22. The van der Waals surface area contributed by atoms with Crippen LogP contribution in [0.25, 0.3) is 11.0 Å². The van der Waals surface area contributed by atoms with E-state index in [-0.39, 0.29) is 11.5 Å². The van der Waals surface area contributed by atoms with Gasteiger partial charge in [-0.2, -0.15) is 0 Å². The zero-order valence-electron chi connectivity index (χ0n) is 16.2. The maximum atomic E-state index is 12.8. The van der Waals surface area contributed by atoms with Crippen LogP contribution in [0, 0.1) is 0 Å². The molecule has 1 aromatic carbocycles. The number of aryl methyl sites for hydroxylation is 2. The summed E-state index contributed by atoms with van der Waals surface area (Å²) >= 11 is 1.53. The van der Waals surface area contributed by atoms with Crippen LogP contribution in [-0.2, 0) is 31.0 Å². The lowest BCUT2D eigenvalue weighted by molar-refractivity contribution is 0.0600. The quantitative estimate of drug-likeness (QED) is 0.483. The summed E-state index contributed by atoms with van der Waals surface area (Å²) in [6, 6.07) is 7.16. The zero-order valence-corrected chi connectivity index (χ0v) is 17.0. The zero-order chi connectivity index (χ0) is 20.4. The molecule has 0 saturated carbocycles. The van der Waals surface area contributed by atoms with Crippen molar-refractivity contribution in [1.82, 2.24) is 14.1 Å². The third kappa shape index (κ3) is 3.47. The number of ether oxygens (including phenoxy) is 1. The van der Waals surface area contributed by atoms with Gasteiger partial charge in [-0.05, 0) is 29.7 Å². The molecule has 146 valence electrons. The molecule has 0 aliphatic rings. The Labute approximate surface area is 166 Å². The van der Waals surface area contributed by atoms with Gasteiger partial charge in [0.25, 0.3) is 5.56 Å². The molecule has 28 heavy (non-hydrogen) atoms. The second kappa shape index (κ2) is 8.02. The minimum Gasteiger partial charge on any atom is -0.465 e. The number of hydrogen-bond acceptors (Lipinski definition) is 6. The van der Waals surface area contributed by atoms with Gasteiger partial charge in [0, 0.05) is 30.9 Å². The summed E-state index contributed by atoms with van der Waals surface area (Å²) in [4.78, 5) is 41.8. The number of carbonyl (C=O) groups is 1. The van der Waals surface area contributed by atoms with E-state index in [1.54, 1.807) is 25.4 Å². The molecule has 3 rings (SSSR count). The average molecular weight is 399 g/mol. The topological polar surface area (TPSA) is 83.2 Å². The Kier molecular flexibility index (Phi) is 5.69. The van der Waals surface area contributed by atoms with Crippen molar-refractivity contribution in [1.29, 1.82) is 0 Å². The van der Waals surface area contributed by atoms with Crippen molar-refractivity contribution in [3.05, 3.63) is 68.0 Å². The van der Waals surface area contributed by atoms with Crippen molar-refractivity contribution in [2.75, 3.05) is 7.11 Å². The summed E-state index contributed by atoms with van der Waals surface area (Å²) in [6.07, 6.45) is 2.45. The molecule has 8 heteroatoms. The van der Waals surface area contributed by atoms with Gasteiger partial charge in [-0.15, -0.1) is 11.8 Å². The first kappa shape index (κ1) is 19.9. The fraction of sp³-hybridized carbons (Fsp3) is 0.300. The number of methoxy groups -OCH3 is 1. The van der Waals surface area contributed by atoms with Crippen LogP contribution in [-0.4, -0.2) is 27.2 Å². The maximum Gasteiger partial charge on any atom is 0.337 e. The number of nitrogens with zero attached hydrogens (tertiary/aromatic N) is 3. The molecule has 0 atom stereocenters. The van der Waals surface area contributed by atoms with Crippen molar-refractivity contribution in [3.63, 3.8) is 0 Å². The fourth-order valence-corrected chi connectivity index (χ4v) is 4.18. The van der Waals surface area contributed by atoms with E-state index in [1.165, 1.54) is 30.5 Å². The minimum absolute atomic E-state index is 0.343. The Morgan fingerprint density at radius 2 is 1.82 bits per heavy atom. The molecular formula is C20H21N3O4S. The highest BCUT2D eigenvalue weighted by Crippen LogP contribution is 2.31. The van der Waals surface area contributed by atoms with E-state index in [2.05, 4.69) is 4.98 Å². The van der Waals surface area contributed by atoms with Gasteiger partial charge in [0.1, 0.15) is 5.65 Å². The van der Waals surface area contributed by atoms with E-state index in [9.17, 15) is 14.4 Å². The first-order valence-corrected chi connectivity index (χ1v) is 9.75. The van der Waals surface area contributed by atoms with Crippen molar-refractivity contribution >= 4 is 28.8 Å². The monoisotopic (exact) mass is 399 g/mol. The van der Waals surface area contributed by atoms with E-state index in [1.807, 2.05) is 19.1 Å². The number of aromatic nitrogens is 3. The standard InChI is InChI=1S/C20H21N3O4S/c1-5-13-10-21-17-15(18(24)23(3)20(26)22(17)2)16(13)28-11-12-6-8-14(9-7-12)19(25)27-4/h6-10H,5,11H2,1-4H3. The number of thioether (sulfide) groups is 1. The first-order valence-electron chi connectivity index (χ1n) is 8.76. The molecule has 0 aliphatic heterocycles. The number of pyridine rings is 1. The molecule has 0 fully saturated rings. The van der Waals surface area contributed by atoms with Crippen LogP contribution < -0.4 is 11.2 Å². The van der Waals surface area contributed by atoms with Gasteiger partial charge < -0.3 is 4.74 Å². The number of fused-ring (bicyclic) bond motifs is 1. The lowest BCUT2D eigenvalue weighted by Crippen LogP contribution is -2.37. The van der Waals surface area contributed by atoms with Gasteiger partial charge in [-0.25, -0.2) is 14.6 Å². The largest absolute Gasteiger partial charge is 0.465 e. The molecule has 2 heterocycles. The predicted octanol–water partition coefficient (Wildman–Crippen LogP) is 2.27. The molecule has 0 radical (unpaired) electrons. The van der Waals surface area contributed by atoms with E-state index in [0.717, 1.165) is 27.0 Å². The van der Waals surface area contributed by atoms with Crippen LogP contribution in [0.1, 0.15) is 28.4 Å². The third-order valence-electron chi connectivity index (χ3n) is 4.63. The van der Waals surface area contributed by atoms with Gasteiger partial charge >= 0.3 is 11.7 Å². The van der Waals surface area contributed by atoms with Gasteiger partial charge in [0.2, 0.25) is 0 Å². The Balaban J connectivity index is 2.04. The second-order valence-electron chi connectivity index (χ2n) is 6.35. The summed E-state index contributed by atoms with van der Waals surface area (Å²) in [5.74, 6) is 0.233. The van der Waals surface area contributed by atoms with Crippen LogP contribution >= 0.6 is 11.8 Å². The average Bonchev–Trinajstić information content (AvgIpc) is 2.73. The smallest absolute Gasteiger partial charge is 0.337 e. The highest BCUT2D eigenvalue weighted by Gasteiger charge is 2.17. The molecule has 0 amide bonds. The molecule has 0 N–H and O–H groups in total. The number of rotatable bonds is 5. The van der Waals surface area contributed by atoms with Crippen molar-refractivity contribution in [2.24, 2.45) is 14.1 Å². The Bertz CT molecular complexity index is 1160. The van der Waals surface area contributed by atoms with Gasteiger partial charge in [0.15, 0.2) is 0 Å². The third-order valence-corrected chi connectivity index (χ3v) is 5.87. The molecule has 0 bridgehead atoms. The van der Waals surface area contributed by atoms with E-state index >= 15 is 0 Å².